The summed E-state index contributed by atoms with van der Waals surface area (Å²) in [6, 6.07) is 0. The molecule has 0 saturated carbocycles. The van der Waals surface area contributed by atoms with Crippen LogP contribution in [0.3, 0.4) is 0 Å². The van der Waals surface area contributed by atoms with E-state index in [0.29, 0.717) is 0 Å². The normalized spacial score (nSPS) is 15.1. The minimum Gasteiger partial charge on any atom is -0.395 e. The summed E-state index contributed by atoms with van der Waals surface area (Å²) in [5.41, 5.74) is 0. The summed E-state index contributed by atoms with van der Waals surface area (Å²) in [5.74, 6) is -1.52. The lowest BCUT2D eigenvalue weighted by atomic mass is 10.4. The van der Waals surface area contributed by atoms with Gasteiger partial charge in [0.25, 0.3) is 0 Å². The maximum Gasteiger partial charge on any atom is 0.229 e. The van der Waals surface area contributed by atoms with E-state index in [1.165, 1.54) is 6.92 Å². The number of aliphatic hydroxyl groups is 3. The van der Waals surface area contributed by atoms with E-state index in [1.807, 2.05) is 0 Å². The smallest absolute Gasteiger partial charge is 0.229 e. The first kappa shape index (κ1) is 16.7. The highest BCUT2D eigenvalue weighted by molar-refractivity contribution is 8.04. The molecular formula is C7H17NO7S2. The van der Waals surface area contributed by atoms with E-state index in [4.69, 9.17) is 15.3 Å². The number of sulfonamides is 2. The molecule has 8 nitrogen and oxygen atoms in total. The van der Waals surface area contributed by atoms with Crippen molar-refractivity contribution in [3.63, 3.8) is 0 Å². The van der Waals surface area contributed by atoms with Crippen LogP contribution in [0.15, 0.2) is 0 Å². The molecule has 17 heavy (non-hydrogen) atoms. The Labute approximate surface area is 101 Å². The minimum absolute atomic E-state index is 0.122. The Morgan fingerprint density at radius 1 is 1.00 bits per heavy atom. The van der Waals surface area contributed by atoms with Gasteiger partial charge in [0, 0.05) is 0 Å². The monoisotopic (exact) mass is 291 g/mol. The molecule has 0 aromatic heterocycles. The second kappa shape index (κ2) is 6.61. The van der Waals surface area contributed by atoms with Crippen molar-refractivity contribution in [2.45, 2.75) is 13.0 Å². The number of rotatable bonds is 8. The number of hydrogen-bond donors (Lipinski definition) is 3. The predicted octanol–water partition coefficient (Wildman–Crippen LogP) is -2.69. The van der Waals surface area contributed by atoms with Gasteiger partial charge in [-0.15, -0.1) is 0 Å². The molecular weight excluding hydrogens is 274 g/mol. The zero-order chi connectivity index (χ0) is 13.7. The molecule has 104 valence electrons. The van der Waals surface area contributed by atoms with Crippen molar-refractivity contribution in [2.75, 3.05) is 31.3 Å². The second-order valence-corrected chi connectivity index (χ2v) is 7.64. The first-order valence-electron chi connectivity index (χ1n) is 4.80. The van der Waals surface area contributed by atoms with Crippen LogP contribution in [-0.4, -0.2) is 73.2 Å². The molecule has 0 spiro atoms. The highest BCUT2D eigenvalue weighted by atomic mass is 32.3. The van der Waals surface area contributed by atoms with Crippen LogP contribution in [0, 0.1) is 0 Å². The average molecular weight is 291 g/mol. The number of hydrogen-bond acceptors (Lipinski definition) is 7. The Kier molecular flexibility index (Phi) is 6.51. The Bertz CT molecular complexity index is 378. The van der Waals surface area contributed by atoms with Crippen molar-refractivity contribution in [1.29, 1.82) is 0 Å². The van der Waals surface area contributed by atoms with E-state index in [0.717, 1.165) is 0 Å². The maximum absolute atomic E-state index is 11.6. The Morgan fingerprint density at radius 2 is 1.35 bits per heavy atom. The predicted molar refractivity (Wildman–Crippen MR) is 60.1 cm³/mol. The van der Waals surface area contributed by atoms with Crippen molar-refractivity contribution in [1.82, 2.24) is 3.71 Å². The molecule has 0 amide bonds. The van der Waals surface area contributed by atoms with Gasteiger partial charge in [0.15, 0.2) is 0 Å². The van der Waals surface area contributed by atoms with Crippen molar-refractivity contribution < 1.29 is 32.2 Å². The van der Waals surface area contributed by atoms with Gasteiger partial charge in [-0.2, -0.15) is 0 Å². The summed E-state index contributed by atoms with van der Waals surface area (Å²) in [4.78, 5) is 0. The van der Waals surface area contributed by atoms with Crippen molar-refractivity contribution in [2.24, 2.45) is 0 Å². The lowest BCUT2D eigenvalue weighted by molar-refractivity contribution is 0.181. The molecule has 0 aromatic rings. The Balaban J connectivity index is 5.29. The summed E-state index contributed by atoms with van der Waals surface area (Å²) in [5, 5.41) is 26.2. The average Bonchev–Trinajstić information content (AvgIpc) is 2.13. The summed E-state index contributed by atoms with van der Waals surface area (Å²) in [6.45, 7) is -0.860. The molecule has 0 heterocycles. The molecule has 0 fully saturated rings. The van der Waals surface area contributed by atoms with Crippen LogP contribution in [0.5, 0.6) is 0 Å². The van der Waals surface area contributed by atoms with Gasteiger partial charge in [-0.3, -0.25) is 0 Å². The van der Waals surface area contributed by atoms with Gasteiger partial charge < -0.3 is 15.3 Å². The molecule has 3 N–H and O–H groups in total. The van der Waals surface area contributed by atoms with Crippen LogP contribution in [0.4, 0.5) is 0 Å². The van der Waals surface area contributed by atoms with E-state index in [2.05, 4.69) is 0 Å². The SMILES string of the molecule is CC(O)CN(S(=O)(=O)CCO)S(=O)(=O)CCO. The lowest BCUT2D eigenvalue weighted by Gasteiger charge is -2.22. The van der Waals surface area contributed by atoms with Crippen LogP contribution in [0.2, 0.25) is 0 Å². The topological polar surface area (TPSA) is 132 Å². The number of aliphatic hydroxyl groups excluding tert-OH is 3. The fourth-order valence-corrected chi connectivity index (χ4v) is 4.64. The molecule has 0 rings (SSSR count). The third kappa shape index (κ3) is 5.27. The summed E-state index contributed by atoms with van der Waals surface area (Å²) in [6.07, 6.45) is -1.18. The van der Waals surface area contributed by atoms with E-state index in [-0.39, 0.29) is 3.71 Å². The van der Waals surface area contributed by atoms with Gasteiger partial charge in [0.2, 0.25) is 20.0 Å². The molecule has 0 aromatic carbocycles. The van der Waals surface area contributed by atoms with Crippen molar-refractivity contribution in [3.8, 4) is 0 Å². The molecule has 1 unspecified atom stereocenters. The largest absolute Gasteiger partial charge is 0.395 e. The molecule has 0 bridgehead atoms. The van der Waals surface area contributed by atoms with Crippen molar-refractivity contribution in [3.05, 3.63) is 0 Å². The van der Waals surface area contributed by atoms with Gasteiger partial charge in [0.1, 0.15) is 0 Å². The zero-order valence-corrected chi connectivity index (χ0v) is 11.0. The fraction of sp³-hybridized carbons (Fsp3) is 1.00. The molecule has 1 atom stereocenters. The molecule has 10 heteroatoms. The van der Waals surface area contributed by atoms with E-state index in [9.17, 15) is 16.8 Å². The lowest BCUT2D eigenvalue weighted by Crippen LogP contribution is -2.44. The molecule has 0 aliphatic rings. The Morgan fingerprint density at radius 3 is 1.59 bits per heavy atom. The van der Waals surface area contributed by atoms with Gasteiger partial charge in [-0.25, -0.2) is 16.8 Å². The highest BCUT2D eigenvalue weighted by Gasteiger charge is 2.33. The van der Waals surface area contributed by atoms with Crippen molar-refractivity contribution >= 4 is 20.0 Å². The summed E-state index contributed by atoms with van der Waals surface area (Å²) in [7, 11) is -8.45. The summed E-state index contributed by atoms with van der Waals surface area (Å²) >= 11 is 0. The highest BCUT2D eigenvalue weighted by Crippen LogP contribution is 2.11. The quantitative estimate of drug-likeness (QED) is 0.443. The van der Waals surface area contributed by atoms with Crippen LogP contribution in [-0.2, 0) is 20.0 Å². The third-order valence-electron chi connectivity index (χ3n) is 1.73. The Hall–Kier alpha value is -0.260. The van der Waals surface area contributed by atoms with Crippen LogP contribution < -0.4 is 0 Å². The third-order valence-corrected chi connectivity index (χ3v) is 6.03. The fourth-order valence-electron chi connectivity index (χ4n) is 1.05. The zero-order valence-electron chi connectivity index (χ0n) is 9.35. The molecule has 0 radical (unpaired) electrons. The molecule has 0 aliphatic carbocycles. The standard InChI is InChI=1S/C7H17NO7S2/c1-7(11)6-8(16(12,13)4-2-9)17(14,15)5-3-10/h7,9-11H,2-6H2,1H3. The first-order valence-corrected chi connectivity index (χ1v) is 8.02. The van der Waals surface area contributed by atoms with E-state index >= 15 is 0 Å². The van der Waals surface area contributed by atoms with Gasteiger partial charge in [0.05, 0.1) is 37.4 Å². The summed E-state index contributed by atoms with van der Waals surface area (Å²) < 4.78 is 46.4. The van der Waals surface area contributed by atoms with Gasteiger partial charge >= 0.3 is 0 Å². The maximum atomic E-state index is 11.6. The van der Waals surface area contributed by atoms with E-state index in [1.54, 1.807) is 0 Å². The first-order chi connectivity index (χ1) is 7.67. The van der Waals surface area contributed by atoms with Gasteiger partial charge in [-0.05, 0) is 6.92 Å². The minimum atomic E-state index is -4.22. The molecule has 0 aliphatic heterocycles. The van der Waals surface area contributed by atoms with Crippen LogP contribution in [0.25, 0.3) is 0 Å². The number of nitrogens with zero attached hydrogens (tertiary/aromatic N) is 1. The van der Waals surface area contributed by atoms with E-state index < -0.39 is 57.4 Å². The van der Waals surface area contributed by atoms with Crippen LogP contribution >= 0.6 is 0 Å². The molecule has 0 saturated heterocycles. The van der Waals surface area contributed by atoms with Crippen LogP contribution in [0.1, 0.15) is 6.92 Å². The second-order valence-electron chi connectivity index (χ2n) is 3.38. The van der Waals surface area contributed by atoms with Gasteiger partial charge in [-0.1, -0.05) is 3.71 Å².